The zero-order valence-electron chi connectivity index (χ0n) is 16.8. The Morgan fingerprint density at radius 1 is 0.897 bits per heavy atom. The second kappa shape index (κ2) is 9.19. The molecule has 2 aromatic carbocycles. The zero-order chi connectivity index (χ0) is 20.8. The van der Waals surface area contributed by atoms with Gasteiger partial charge < -0.3 is 9.47 Å². The fraction of sp³-hybridized carbons (Fsp3) is 0.261. The normalized spacial score (nSPS) is 10.6. The lowest BCUT2D eigenvalue weighted by molar-refractivity contribution is 0.0471. The molecule has 0 radical (unpaired) electrons. The van der Waals surface area contributed by atoms with Crippen molar-refractivity contribution in [1.82, 2.24) is 9.78 Å². The van der Waals surface area contributed by atoms with Crippen LogP contribution in [-0.4, -0.2) is 34.9 Å². The average Bonchev–Trinajstić information content (AvgIpc) is 3.09. The van der Waals surface area contributed by atoms with Gasteiger partial charge in [-0.2, -0.15) is 5.10 Å². The Labute approximate surface area is 170 Å². The molecule has 0 atom stereocenters. The number of aryl methyl sites for hydroxylation is 1. The quantitative estimate of drug-likeness (QED) is 0.562. The summed E-state index contributed by atoms with van der Waals surface area (Å²) in [7, 11) is 0. The molecule has 0 saturated heterocycles. The van der Waals surface area contributed by atoms with Crippen LogP contribution in [-0.2, 0) is 16.0 Å². The topological polar surface area (TPSA) is 70.4 Å². The number of ether oxygens (including phenoxy) is 2. The molecule has 3 aromatic rings. The van der Waals surface area contributed by atoms with E-state index < -0.39 is 11.9 Å². The predicted molar refractivity (Wildman–Crippen MR) is 110 cm³/mol. The van der Waals surface area contributed by atoms with Gasteiger partial charge in [0.2, 0.25) is 0 Å². The number of carbonyl (C=O) groups excluding carboxylic acids is 2. The average molecular weight is 392 g/mol. The second-order valence-corrected chi connectivity index (χ2v) is 6.52. The lowest BCUT2D eigenvalue weighted by atomic mass is 10.0. The van der Waals surface area contributed by atoms with Crippen molar-refractivity contribution in [2.75, 3.05) is 13.2 Å². The van der Waals surface area contributed by atoms with Gasteiger partial charge in [0.15, 0.2) is 5.69 Å². The molecular weight excluding hydrogens is 368 g/mol. The summed E-state index contributed by atoms with van der Waals surface area (Å²) in [5.74, 6) is -1.19. The Balaban J connectivity index is 2.20. The van der Waals surface area contributed by atoms with Crippen molar-refractivity contribution in [2.45, 2.75) is 27.3 Å². The predicted octanol–water partition coefficient (Wildman–Crippen LogP) is 4.26. The molecule has 0 amide bonds. The highest BCUT2D eigenvalue weighted by Crippen LogP contribution is 2.28. The minimum Gasteiger partial charge on any atom is -0.462 e. The molecule has 0 aliphatic rings. The lowest BCUT2D eigenvalue weighted by Crippen LogP contribution is -2.18. The van der Waals surface area contributed by atoms with E-state index in [0.29, 0.717) is 12.2 Å². The van der Waals surface area contributed by atoms with E-state index >= 15 is 0 Å². The van der Waals surface area contributed by atoms with Gasteiger partial charge in [-0.3, -0.25) is 4.68 Å². The molecule has 0 aliphatic carbocycles. The maximum absolute atomic E-state index is 12.8. The van der Waals surface area contributed by atoms with Crippen molar-refractivity contribution in [2.24, 2.45) is 0 Å². The van der Waals surface area contributed by atoms with Gasteiger partial charge in [-0.05, 0) is 26.3 Å². The molecule has 150 valence electrons. The zero-order valence-corrected chi connectivity index (χ0v) is 16.8. The van der Waals surface area contributed by atoms with Gasteiger partial charge in [-0.1, -0.05) is 60.2 Å². The van der Waals surface area contributed by atoms with Crippen molar-refractivity contribution in [1.29, 1.82) is 0 Å². The molecule has 6 nitrogen and oxygen atoms in total. The summed E-state index contributed by atoms with van der Waals surface area (Å²) in [5.41, 5.74) is 3.40. The Kier molecular flexibility index (Phi) is 6.44. The molecule has 1 aromatic heterocycles. The highest BCUT2D eigenvalue weighted by Gasteiger charge is 2.31. The van der Waals surface area contributed by atoms with E-state index in [2.05, 4.69) is 5.10 Å². The summed E-state index contributed by atoms with van der Waals surface area (Å²) in [6.45, 7) is 6.14. The van der Waals surface area contributed by atoms with Crippen LogP contribution in [0.15, 0.2) is 54.6 Å². The first kappa shape index (κ1) is 20.3. The molecule has 0 bridgehead atoms. The summed E-state index contributed by atoms with van der Waals surface area (Å²) < 4.78 is 12.0. The number of aromatic nitrogens is 2. The van der Waals surface area contributed by atoms with Gasteiger partial charge in [0, 0.05) is 5.56 Å². The van der Waals surface area contributed by atoms with E-state index in [9.17, 15) is 9.59 Å². The lowest BCUT2D eigenvalue weighted by Gasteiger charge is -2.09. The van der Waals surface area contributed by atoms with Crippen LogP contribution in [0.25, 0.3) is 11.3 Å². The van der Waals surface area contributed by atoms with Gasteiger partial charge in [0.1, 0.15) is 11.3 Å². The first-order chi connectivity index (χ1) is 14.0. The fourth-order valence-corrected chi connectivity index (χ4v) is 3.05. The third-order valence-corrected chi connectivity index (χ3v) is 4.40. The Bertz CT molecular complexity index is 992. The molecule has 0 saturated carbocycles. The smallest absolute Gasteiger partial charge is 0.357 e. The maximum Gasteiger partial charge on any atom is 0.357 e. The molecule has 0 N–H and O–H groups in total. The highest BCUT2D eigenvalue weighted by molar-refractivity contribution is 6.06. The molecule has 29 heavy (non-hydrogen) atoms. The van der Waals surface area contributed by atoms with Crippen molar-refractivity contribution in [3.05, 3.63) is 77.0 Å². The van der Waals surface area contributed by atoms with E-state index in [1.807, 2.05) is 61.5 Å². The summed E-state index contributed by atoms with van der Waals surface area (Å²) in [6, 6.07) is 17.2. The number of esters is 2. The van der Waals surface area contributed by atoms with Gasteiger partial charge in [0.25, 0.3) is 0 Å². The minimum absolute atomic E-state index is 0.102. The molecule has 0 aliphatic heterocycles. The van der Waals surface area contributed by atoms with E-state index in [4.69, 9.17) is 9.47 Å². The Morgan fingerprint density at radius 2 is 1.52 bits per heavy atom. The van der Waals surface area contributed by atoms with Crippen LogP contribution in [0.5, 0.6) is 0 Å². The standard InChI is InChI=1S/C23H24N2O4/c1-4-28-22(26)19-20(18-13-11-16(3)12-14-18)24-25(21(19)23(27)29-5-2)15-17-9-7-6-8-10-17/h6-14H,4-5,15H2,1-3H3. The van der Waals surface area contributed by atoms with Crippen LogP contribution in [0, 0.1) is 6.92 Å². The minimum atomic E-state index is -0.600. The van der Waals surface area contributed by atoms with Crippen LogP contribution < -0.4 is 0 Å². The van der Waals surface area contributed by atoms with E-state index in [1.54, 1.807) is 13.8 Å². The monoisotopic (exact) mass is 392 g/mol. The number of carbonyl (C=O) groups is 2. The molecule has 0 spiro atoms. The van der Waals surface area contributed by atoms with Crippen molar-refractivity contribution in [3.63, 3.8) is 0 Å². The van der Waals surface area contributed by atoms with Gasteiger partial charge in [-0.25, -0.2) is 9.59 Å². The number of hydrogen-bond acceptors (Lipinski definition) is 5. The van der Waals surface area contributed by atoms with Crippen LogP contribution in [0.4, 0.5) is 0 Å². The first-order valence-electron chi connectivity index (χ1n) is 9.61. The van der Waals surface area contributed by atoms with Crippen LogP contribution in [0.1, 0.15) is 45.8 Å². The van der Waals surface area contributed by atoms with Crippen molar-refractivity contribution in [3.8, 4) is 11.3 Å². The second-order valence-electron chi connectivity index (χ2n) is 6.52. The van der Waals surface area contributed by atoms with E-state index in [1.165, 1.54) is 4.68 Å². The fourth-order valence-electron chi connectivity index (χ4n) is 3.05. The maximum atomic E-state index is 12.8. The summed E-state index contributed by atoms with van der Waals surface area (Å²) in [5, 5.41) is 4.63. The molecule has 6 heteroatoms. The van der Waals surface area contributed by atoms with Crippen LogP contribution in [0.2, 0.25) is 0 Å². The van der Waals surface area contributed by atoms with E-state index in [0.717, 1.165) is 16.7 Å². The Hall–Kier alpha value is -3.41. The van der Waals surface area contributed by atoms with E-state index in [-0.39, 0.29) is 24.5 Å². The highest BCUT2D eigenvalue weighted by atomic mass is 16.5. The Morgan fingerprint density at radius 3 is 2.14 bits per heavy atom. The third-order valence-electron chi connectivity index (χ3n) is 4.40. The summed E-state index contributed by atoms with van der Waals surface area (Å²) >= 11 is 0. The molecule has 3 rings (SSSR count). The number of rotatable bonds is 7. The molecular formula is C23H24N2O4. The van der Waals surface area contributed by atoms with Gasteiger partial charge >= 0.3 is 11.9 Å². The third kappa shape index (κ3) is 4.54. The SMILES string of the molecule is CCOC(=O)c1c(-c2ccc(C)cc2)nn(Cc2ccccc2)c1C(=O)OCC. The largest absolute Gasteiger partial charge is 0.462 e. The number of hydrogen-bond donors (Lipinski definition) is 0. The first-order valence-corrected chi connectivity index (χ1v) is 9.61. The summed E-state index contributed by atoms with van der Waals surface area (Å²) in [6.07, 6.45) is 0. The molecule has 0 fully saturated rings. The van der Waals surface area contributed by atoms with Crippen molar-refractivity contribution < 1.29 is 19.1 Å². The van der Waals surface area contributed by atoms with Gasteiger partial charge in [-0.15, -0.1) is 0 Å². The number of nitrogens with zero attached hydrogens (tertiary/aromatic N) is 2. The van der Waals surface area contributed by atoms with Gasteiger partial charge in [0.05, 0.1) is 19.8 Å². The molecule has 0 unspecified atom stereocenters. The number of benzene rings is 2. The molecule has 1 heterocycles. The van der Waals surface area contributed by atoms with Crippen molar-refractivity contribution >= 4 is 11.9 Å². The van der Waals surface area contributed by atoms with Crippen LogP contribution >= 0.6 is 0 Å². The summed E-state index contributed by atoms with van der Waals surface area (Å²) in [4.78, 5) is 25.6. The van der Waals surface area contributed by atoms with Crippen LogP contribution in [0.3, 0.4) is 0 Å².